The molecule has 3 heteroatoms. The van der Waals surface area contributed by atoms with Crippen molar-refractivity contribution in [2.75, 3.05) is 6.54 Å². The third-order valence-electron chi connectivity index (χ3n) is 1.87. The standard InChI is InChI=1S/C9H19N3/c1-5-8-11-10-7-12(8)6-9(2,3)4/h7-8,11H,5-6H2,1-4H3. The molecule has 0 saturated heterocycles. The van der Waals surface area contributed by atoms with Gasteiger partial charge in [0.05, 0.1) is 0 Å². The SMILES string of the molecule is CCC1NN=CN1CC(C)(C)C. The van der Waals surface area contributed by atoms with E-state index >= 15 is 0 Å². The summed E-state index contributed by atoms with van der Waals surface area (Å²) in [5.74, 6) is 0. The molecule has 0 bridgehead atoms. The van der Waals surface area contributed by atoms with E-state index in [1.807, 2.05) is 6.34 Å². The van der Waals surface area contributed by atoms with Crippen LogP contribution in [0.1, 0.15) is 34.1 Å². The van der Waals surface area contributed by atoms with Crippen molar-refractivity contribution in [1.82, 2.24) is 10.3 Å². The molecule has 1 heterocycles. The van der Waals surface area contributed by atoms with Crippen LogP contribution < -0.4 is 5.43 Å². The molecule has 1 aliphatic heterocycles. The van der Waals surface area contributed by atoms with E-state index in [1.165, 1.54) is 0 Å². The molecule has 0 aromatic carbocycles. The molecule has 0 saturated carbocycles. The van der Waals surface area contributed by atoms with Gasteiger partial charge in [0.25, 0.3) is 0 Å². The molecule has 0 spiro atoms. The molecule has 3 nitrogen and oxygen atoms in total. The van der Waals surface area contributed by atoms with Crippen LogP contribution in [0, 0.1) is 5.41 Å². The Bertz CT molecular complexity index is 169. The van der Waals surface area contributed by atoms with Crippen molar-refractivity contribution < 1.29 is 0 Å². The molecule has 1 atom stereocenters. The van der Waals surface area contributed by atoms with E-state index in [4.69, 9.17) is 0 Å². The van der Waals surface area contributed by atoms with Gasteiger partial charge in [-0.05, 0) is 11.8 Å². The van der Waals surface area contributed by atoms with E-state index in [2.05, 4.69) is 43.1 Å². The second-order valence-corrected chi connectivity index (χ2v) is 4.53. The first-order valence-corrected chi connectivity index (χ1v) is 4.57. The normalized spacial score (nSPS) is 23.0. The summed E-state index contributed by atoms with van der Waals surface area (Å²) in [5, 5.41) is 4.05. The average Bonchev–Trinajstić information content (AvgIpc) is 2.31. The Balaban J connectivity index is 2.46. The highest BCUT2D eigenvalue weighted by atomic mass is 15.5. The second-order valence-electron chi connectivity index (χ2n) is 4.53. The lowest BCUT2D eigenvalue weighted by molar-refractivity contribution is 0.218. The summed E-state index contributed by atoms with van der Waals surface area (Å²) in [4.78, 5) is 2.26. The van der Waals surface area contributed by atoms with Crippen LogP contribution >= 0.6 is 0 Å². The van der Waals surface area contributed by atoms with Crippen LogP contribution in [0.3, 0.4) is 0 Å². The number of nitrogens with zero attached hydrogens (tertiary/aromatic N) is 2. The van der Waals surface area contributed by atoms with Crippen molar-refractivity contribution in [3.63, 3.8) is 0 Å². The lowest BCUT2D eigenvalue weighted by atomic mass is 9.96. The third kappa shape index (κ3) is 2.40. The van der Waals surface area contributed by atoms with Crippen LogP contribution in [0.4, 0.5) is 0 Å². The molecule has 0 aromatic rings. The van der Waals surface area contributed by atoms with Crippen molar-refractivity contribution in [3.8, 4) is 0 Å². The molecule has 0 fully saturated rings. The molecule has 1 N–H and O–H groups in total. The van der Waals surface area contributed by atoms with Gasteiger partial charge < -0.3 is 4.90 Å². The predicted molar refractivity (Wildman–Crippen MR) is 51.9 cm³/mol. The summed E-state index contributed by atoms with van der Waals surface area (Å²) < 4.78 is 0. The van der Waals surface area contributed by atoms with Crippen molar-refractivity contribution in [1.29, 1.82) is 0 Å². The van der Waals surface area contributed by atoms with Crippen molar-refractivity contribution >= 4 is 6.34 Å². The molecule has 0 aromatic heterocycles. The zero-order valence-corrected chi connectivity index (χ0v) is 8.46. The van der Waals surface area contributed by atoms with Gasteiger partial charge in [0.15, 0.2) is 0 Å². The molecule has 0 amide bonds. The van der Waals surface area contributed by atoms with Gasteiger partial charge in [-0.1, -0.05) is 27.7 Å². The van der Waals surface area contributed by atoms with E-state index in [9.17, 15) is 0 Å². The third-order valence-corrected chi connectivity index (χ3v) is 1.87. The molecule has 0 radical (unpaired) electrons. The van der Waals surface area contributed by atoms with E-state index in [0.717, 1.165) is 13.0 Å². The van der Waals surface area contributed by atoms with Crippen molar-refractivity contribution in [2.45, 2.75) is 40.3 Å². The smallest absolute Gasteiger partial charge is 0.116 e. The van der Waals surface area contributed by atoms with Crippen LogP contribution in [-0.2, 0) is 0 Å². The Morgan fingerprint density at radius 1 is 1.50 bits per heavy atom. The lowest BCUT2D eigenvalue weighted by Gasteiger charge is -2.29. The summed E-state index contributed by atoms with van der Waals surface area (Å²) >= 11 is 0. The Kier molecular flexibility index (Phi) is 2.60. The molecule has 1 unspecified atom stereocenters. The van der Waals surface area contributed by atoms with Crippen LogP contribution in [0.15, 0.2) is 5.10 Å². The fourth-order valence-electron chi connectivity index (χ4n) is 1.37. The molecule has 0 aliphatic carbocycles. The number of hydrogen-bond acceptors (Lipinski definition) is 3. The van der Waals surface area contributed by atoms with E-state index in [1.54, 1.807) is 0 Å². The first-order chi connectivity index (χ1) is 5.53. The molecular formula is C9H19N3. The first-order valence-electron chi connectivity index (χ1n) is 4.57. The van der Waals surface area contributed by atoms with Crippen LogP contribution in [0.2, 0.25) is 0 Å². The predicted octanol–water partition coefficient (Wildman–Crippen LogP) is 1.62. The van der Waals surface area contributed by atoms with Gasteiger partial charge in [-0.15, -0.1) is 0 Å². The minimum Gasteiger partial charge on any atom is -0.339 e. The van der Waals surface area contributed by atoms with Gasteiger partial charge in [0, 0.05) is 6.54 Å². The topological polar surface area (TPSA) is 27.6 Å². The minimum atomic E-state index is 0.339. The summed E-state index contributed by atoms with van der Waals surface area (Å²) in [7, 11) is 0. The van der Waals surface area contributed by atoms with Gasteiger partial charge in [-0.3, -0.25) is 5.43 Å². The van der Waals surface area contributed by atoms with E-state index < -0.39 is 0 Å². The molecule has 70 valence electrons. The summed E-state index contributed by atoms with van der Waals surface area (Å²) in [6, 6.07) is 0. The van der Waals surface area contributed by atoms with Crippen molar-refractivity contribution in [2.24, 2.45) is 10.5 Å². The number of hydrazone groups is 1. The Morgan fingerprint density at radius 3 is 2.67 bits per heavy atom. The summed E-state index contributed by atoms with van der Waals surface area (Å²) in [5.41, 5.74) is 3.41. The highest BCUT2D eigenvalue weighted by Gasteiger charge is 2.22. The number of rotatable bonds is 2. The highest BCUT2D eigenvalue weighted by Crippen LogP contribution is 2.17. The molecule has 12 heavy (non-hydrogen) atoms. The summed E-state index contributed by atoms with van der Waals surface area (Å²) in [6.45, 7) is 9.95. The van der Waals surface area contributed by atoms with Gasteiger partial charge >= 0.3 is 0 Å². The van der Waals surface area contributed by atoms with E-state index in [0.29, 0.717) is 11.6 Å². The zero-order chi connectivity index (χ0) is 9.19. The Morgan fingerprint density at radius 2 is 2.17 bits per heavy atom. The maximum Gasteiger partial charge on any atom is 0.116 e. The minimum absolute atomic E-state index is 0.339. The lowest BCUT2D eigenvalue weighted by Crippen LogP contribution is -2.40. The van der Waals surface area contributed by atoms with Gasteiger partial charge in [0.2, 0.25) is 0 Å². The van der Waals surface area contributed by atoms with Crippen molar-refractivity contribution in [3.05, 3.63) is 0 Å². The maximum atomic E-state index is 4.05. The maximum absolute atomic E-state index is 4.05. The molecular weight excluding hydrogens is 150 g/mol. The van der Waals surface area contributed by atoms with Gasteiger partial charge in [0.1, 0.15) is 12.5 Å². The van der Waals surface area contributed by atoms with Gasteiger partial charge in [-0.2, -0.15) is 5.10 Å². The number of hydrogen-bond donors (Lipinski definition) is 1. The summed E-state index contributed by atoms with van der Waals surface area (Å²) in [6.07, 6.45) is 3.40. The van der Waals surface area contributed by atoms with Gasteiger partial charge in [-0.25, -0.2) is 0 Å². The quantitative estimate of drug-likeness (QED) is 0.680. The zero-order valence-electron chi connectivity index (χ0n) is 8.46. The fraction of sp³-hybridized carbons (Fsp3) is 0.889. The van der Waals surface area contributed by atoms with Crippen LogP contribution in [0.25, 0.3) is 0 Å². The monoisotopic (exact) mass is 169 g/mol. The fourth-order valence-corrected chi connectivity index (χ4v) is 1.37. The Hall–Kier alpha value is -0.730. The first kappa shape index (κ1) is 9.36. The number of nitrogens with one attached hydrogen (secondary N) is 1. The van der Waals surface area contributed by atoms with Crippen LogP contribution in [0.5, 0.6) is 0 Å². The van der Waals surface area contributed by atoms with E-state index in [-0.39, 0.29) is 0 Å². The Labute approximate surface area is 74.8 Å². The largest absolute Gasteiger partial charge is 0.339 e. The molecule has 1 aliphatic rings. The molecule has 1 rings (SSSR count). The average molecular weight is 169 g/mol. The highest BCUT2D eigenvalue weighted by molar-refractivity contribution is 5.57. The van der Waals surface area contributed by atoms with Crippen LogP contribution in [-0.4, -0.2) is 23.9 Å². The second kappa shape index (κ2) is 3.33.